The molecule has 2 aromatic carbocycles. The van der Waals surface area contributed by atoms with Crippen molar-refractivity contribution in [3.8, 4) is 5.75 Å². The lowest BCUT2D eigenvalue weighted by Crippen LogP contribution is -2.60. The molecule has 1 aromatic heterocycles. The second-order valence-electron chi connectivity index (χ2n) is 9.92. The first kappa shape index (κ1) is 28.6. The molecule has 1 saturated heterocycles. The van der Waals surface area contributed by atoms with Crippen LogP contribution in [-0.2, 0) is 17.5 Å². The number of benzene rings is 2. The minimum Gasteiger partial charge on any atom is -0.491 e. The van der Waals surface area contributed by atoms with E-state index in [0.29, 0.717) is 25.2 Å². The molecule has 1 atom stereocenters. The maximum Gasteiger partial charge on any atom is 0.416 e. The Morgan fingerprint density at radius 2 is 1.83 bits per heavy atom. The van der Waals surface area contributed by atoms with E-state index in [-0.39, 0.29) is 55.9 Å². The molecule has 0 spiro atoms. The number of carbonyl (C=O) groups excluding carboxylic acids is 3. The van der Waals surface area contributed by atoms with Gasteiger partial charge >= 0.3 is 6.18 Å². The van der Waals surface area contributed by atoms with Crippen molar-refractivity contribution in [2.45, 2.75) is 18.8 Å². The van der Waals surface area contributed by atoms with Crippen LogP contribution in [0.4, 0.5) is 13.2 Å². The third-order valence-corrected chi connectivity index (χ3v) is 7.99. The normalized spacial score (nSPS) is 19.1. The van der Waals surface area contributed by atoms with Crippen LogP contribution in [0, 0.1) is 0 Å². The average Bonchev–Trinajstić information content (AvgIpc) is 3.48. The molecular weight excluding hydrogens is 557 g/mol. The lowest BCUT2D eigenvalue weighted by Gasteiger charge is -2.42. The fourth-order valence-electron chi connectivity index (χ4n) is 5.01. The van der Waals surface area contributed by atoms with Crippen LogP contribution < -0.4 is 10.1 Å². The number of amides is 3. The number of hydrogen-bond acceptors (Lipinski definition) is 6. The topological polar surface area (TPSA) is 82.2 Å². The molecule has 41 heavy (non-hydrogen) atoms. The van der Waals surface area contributed by atoms with Gasteiger partial charge in [0.2, 0.25) is 5.91 Å². The third-order valence-electron chi connectivity index (χ3n) is 7.13. The van der Waals surface area contributed by atoms with Gasteiger partial charge in [0.1, 0.15) is 12.4 Å². The maximum absolute atomic E-state index is 13.6. The highest BCUT2D eigenvalue weighted by Gasteiger charge is 2.36. The van der Waals surface area contributed by atoms with Crippen molar-refractivity contribution >= 4 is 29.1 Å². The Kier molecular flexibility index (Phi) is 8.60. The summed E-state index contributed by atoms with van der Waals surface area (Å²) in [5.41, 5.74) is -0.691. The van der Waals surface area contributed by atoms with Crippen molar-refractivity contribution < 1.29 is 32.3 Å². The van der Waals surface area contributed by atoms with Crippen molar-refractivity contribution in [1.82, 2.24) is 20.0 Å². The van der Waals surface area contributed by atoms with Crippen LogP contribution in [0.2, 0.25) is 0 Å². The van der Waals surface area contributed by atoms with Crippen LogP contribution in [-0.4, -0.2) is 84.3 Å². The summed E-state index contributed by atoms with van der Waals surface area (Å²) in [5, 5.41) is 4.62. The zero-order valence-electron chi connectivity index (χ0n) is 22.1. The van der Waals surface area contributed by atoms with E-state index in [1.807, 2.05) is 28.5 Å². The molecule has 3 heterocycles. The quantitative estimate of drug-likeness (QED) is 0.506. The third kappa shape index (κ3) is 6.88. The van der Waals surface area contributed by atoms with E-state index in [0.717, 1.165) is 23.1 Å². The molecule has 0 radical (unpaired) electrons. The second-order valence-corrected chi connectivity index (χ2v) is 11.0. The van der Waals surface area contributed by atoms with Gasteiger partial charge in [-0.2, -0.15) is 13.2 Å². The molecule has 0 saturated carbocycles. The number of thiophene rings is 1. The first-order chi connectivity index (χ1) is 19.7. The van der Waals surface area contributed by atoms with Crippen molar-refractivity contribution in [2.24, 2.45) is 0 Å². The van der Waals surface area contributed by atoms with Crippen LogP contribution in [0.15, 0.2) is 66.0 Å². The molecule has 12 heteroatoms. The van der Waals surface area contributed by atoms with Gasteiger partial charge in [-0.3, -0.25) is 19.3 Å². The van der Waals surface area contributed by atoms with Crippen LogP contribution in [0.3, 0.4) is 0 Å². The van der Waals surface area contributed by atoms with E-state index in [9.17, 15) is 27.6 Å². The van der Waals surface area contributed by atoms with Gasteiger partial charge < -0.3 is 19.9 Å². The van der Waals surface area contributed by atoms with E-state index >= 15 is 0 Å². The highest BCUT2D eigenvalue weighted by atomic mass is 32.1. The van der Waals surface area contributed by atoms with Gasteiger partial charge in [-0.15, -0.1) is 11.3 Å². The Labute approximate surface area is 239 Å². The standard InChI is InChI=1S/C29H29F3N4O4S/c30-29(31,32)21-8-9-25-24(15-21)27(38)33-10-11-34(17-23-7-4-14-41-23)18-26(37)36-13-12-35(16-22(36)19-40-25)28(39)20-5-2-1-3-6-20/h1-9,14-15,22H,10-13,16-19H2,(H,33,38)/t22-/m0/s1. The molecule has 0 bridgehead atoms. The largest absolute Gasteiger partial charge is 0.491 e. The summed E-state index contributed by atoms with van der Waals surface area (Å²) in [4.78, 5) is 46.1. The monoisotopic (exact) mass is 586 g/mol. The number of rotatable bonds is 3. The summed E-state index contributed by atoms with van der Waals surface area (Å²) in [6.07, 6.45) is -4.64. The number of ether oxygens (including phenoxy) is 1. The second kappa shape index (κ2) is 12.3. The summed E-state index contributed by atoms with van der Waals surface area (Å²) in [7, 11) is 0. The average molecular weight is 587 g/mol. The predicted molar refractivity (Wildman–Crippen MR) is 147 cm³/mol. The Balaban J connectivity index is 1.45. The van der Waals surface area contributed by atoms with Gasteiger partial charge in [0.25, 0.3) is 11.8 Å². The number of fused-ring (bicyclic) bond motifs is 2. The molecule has 1 N–H and O–H groups in total. The molecule has 0 unspecified atom stereocenters. The summed E-state index contributed by atoms with van der Waals surface area (Å²) >= 11 is 1.54. The molecule has 1 fully saturated rings. The van der Waals surface area contributed by atoms with Crippen molar-refractivity contribution in [2.75, 3.05) is 45.9 Å². The highest BCUT2D eigenvalue weighted by Crippen LogP contribution is 2.33. The fraction of sp³-hybridized carbons (Fsp3) is 0.345. The zero-order valence-corrected chi connectivity index (χ0v) is 22.9. The van der Waals surface area contributed by atoms with Crippen molar-refractivity contribution in [1.29, 1.82) is 0 Å². The summed E-state index contributed by atoms with van der Waals surface area (Å²) in [6, 6.07) is 14.9. The number of piperazine rings is 1. The van der Waals surface area contributed by atoms with Crippen molar-refractivity contribution in [3.05, 3.63) is 87.6 Å². The molecule has 3 amide bonds. The molecule has 2 aliphatic heterocycles. The van der Waals surface area contributed by atoms with Gasteiger partial charge in [0.05, 0.1) is 23.7 Å². The summed E-state index contributed by atoms with van der Waals surface area (Å²) in [5.74, 6) is -1.06. The van der Waals surface area contributed by atoms with Gasteiger partial charge in [0, 0.05) is 49.7 Å². The molecule has 0 aliphatic carbocycles. The molecule has 8 nitrogen and oxygen atoms in total. The number of carbonyl (C=O) groups is 3. The van der Waals surface area contributed by atoms with E-state index in [1.54, 1.807) is 45.4 Å². The Morgan fingerprint density at radius 1 is 1.02 bits per heavy atom. The number of halogens is 3. The molecule has 2 aliphatic rings. The van der Waals surface area contributed by atoms with Crippen molar-refractivity contribution in [3.63, 3.8) is 0 Å². The fourth-order valence-corrected chi connectivity index (χ4v) is 5.76. The van der Waals surface area contributed by atoms with Crippen LogP contribution in [0.1, 0.15) is 31.2 Å². The molecule has 5 rings (SSSR count). The van der Waals surface area contributed by atoms with E-state index < -0.39 is 23.7 Å². The molecular formula is C29H29F3N4O4S. The Morgan fingerprint density at radius 3 is 2.56 bits per heavy atom. The van der Waals surface area contributed by atoms with Crippen LogP contribution in [0.5, 0.6) is 5.75 Å². The van der Waals surface area contributed by atoms with E-state index in [1.165, 1.54) is 0 Å². The minimum absolute atomic E-state index is 0.0240. The molecule has 216 valence electrons. The Hall–Kier alpha value is -3.90. The number of hydrogen-bond donors (Lipinski definition) is 1. The van der Waals surface area contributed by atoms with Gasteiger partial charge in [-0.05, 0) is 41.8 Å². The number of alkyl halides is 3. The molecule has 3 aromatic rings. The van der Waals surface area contributed by atoms with Gasteiger partial charge in [-0.1, -0.05) is 24.3 Å². The smallest absolute Gasteiger partial charge is 0.416 e. The zero-order chi connectivity index (χ0) is 29.0. The number of nitrogens with zero attached hydrogens (tertiary/aromatic N) is 3. The van der Waals surface area contributed by atoms with Crippen LogP contribution in [0.25, 0.3) is 0 Å². The maximum atomic E-state index is 13.6. The van der Waals surface area contributed by atoms with E-state index in [4.69, 9.17) is 4.74 Å². The minimum atomic E-state index is -4.64. The Bertz CT molecular complexity index is 1380. The van der Waals surface area contributed by atoms with Crippen LogP contribution >= 0.6 is 11.3 Å². The van der Waals surface area contributed by atoms with E-state index in [2.05, 4.69) is 5.32 Å². The lowest BCUT2D eigenvalue weighted by molar-refractivity contribution is -0.138. The number of nitrogens with one attached hydrogen (secondary N) is 1. The lowest BCUT2D eigenvalue weighted by atomic mass is 10.1. The summed E-state index contributed by atoms with van der Waals surface area (Å²) in [6.45, 7) is 1.64. The van der Waals surface area contributed by atoms with Gasteiger partial charge in [-0.25, -0.2) is 0 Å². The SMILES string of the molecule is O=C1NCCN(Cc2cccs2)CC(=O)N2CCN(C(=O)c3ccccc3)C[C@H]2COc2ccc(C(F)(F)F)cc21. The first-order valence-electron chi connectivity index (χ1n) is 13.2. The highest BCUT2D eigenvalue weighted by molar-refractivity contribution is 7.09. The first-order valence-corrected chi connectivity index (χ1v) is 14.1. The predicted octanol–water partition coefficient (Wildman–Crippen LogP) is 3.74. The summed E-state index contributed by atoms with van der Waals surface area (Å²) < 4.78 is 46.4. The van der Waals surface area contributed by atoms with Gasteiger partial charge in [0.15, 0.2) is 0 Å².